The normalized spacial score (nSPS) is 11.9. The van der Waals surface area contributed by atoms with Crippen LogP contribution in [0.25, 0.3) is 11.1 Å². The molecule has 0 fully saturated rings. The average molecular weight is 546 g/mol. The molecular formula is C23H21F7N6O2. The summed E-state index contributed by atoms with van der Waals surface area (Å²) in [5.41, 5.74) is 0.673. The molecule has 0 aliphatic carbocycles. The Morgan fingerprint density at radius 2 is 1.68 bits per heavy atom. The summed E-state index contributed by atoms with van der Waals surface area (Å²) in [7, 11) is 0. The van der Waals surface area contributed by atoms with Crippen LogP contribution in [0.15, 0.2) is 47.4 Å². The lowest BCUT2D eigenvalue weighted by molar-refractivity contribution is -0.162. The van der Waals surface area contributed by atoms with Crippen LogP contribution in [0.5, 0.6) is 0 Å². The Kier molecular flexibility index (Phi) is 8.73. The van der Waals surface area contributed by atoms with Crippen molar-refractivity contribution in [1.82, 2.24) is 15.3 Å². The molecule has 0 aliphatic rings. The van der Waals surface area contributed by atoms with E-state index in [1.165, 1.54) is 12.1 Å². The van der Waals surface area contributed by atoms with Gasteiger partial charge in [0.05, 0.1) is 16.7 Å². The molecule has 0 saturated carbocycles. The Morgan fingerprint density at radius 1 is 0.974 bits per heavy atom. The number of aromatic amines is 1. The van der Waals surface area contributed by atoms with Crippen molar-refractivity contribution in [3.05, 3.63) is 75.5 Å². The van der Waals surface area contributed by atoms with Crippen LogP contribution in [0.4, 0.5) is 47.2 Å². The molecule has 0 radical (unpaired) electrons. The second-order valence-electron chi connectivity index (χ2n) is 7.93. The number of amides is 2. The number of alkyl halides is 6. The van der Waals surface area contributed by atoms with Crippen molar-refractivity contribution in [1.29, 1.82) is 0 Å². The molecule has 6 N–H and O–H groups in total. The lowest BCUT2D eigenvalue weighted by Gasteiger charge is -2.17. The van der Waals surface area contributed by atoms with E-state index in [9.17, 15) is 40.3 Å². The minimum atomic E-state index is -5.33. The van der Waals surface area contributed by atoms with Gasteiger partial charge in [-0.1, -0.05) is 12.1 Å². The van der Waals surface area contributed by atoms with Crippen LogP contribution in [-0.4, -0.2) is 29.1 Å². The number of carbonyl (C=O) groups excluding carboxylic acids is 1. The zero-order chi connectivity index (χ0) is 28.1. The van der Waals surface area contributed by atoms with E-state index in [1.54, 1.807) is 0 Å². The maximum absolute atomic E-state index is 14.4. The number of aromatic nitrogens is 2. The molecule has 1 aromatic heterocycles. The second kappa shape index (κ2) is 11.6. The zero-order valence-corrected chi connectivity index (χ0v) is 19.4. The van der Waals surface area contributed by atoms with Crippen LogP contribution in [0.3, 0.4) is 0 Å². The molecule has 0 bridgehead atoms. The predicted octanol–water partition coefficient (Wildman–Crippen LogP) is 4.70. The van der Waals surface area contributed by atoms with Crippen LogP contribution < -0.4 is 27.2 Å². The van der Waals surface area contributed by atoms with Gasteiger partial charge < -0.3 is 16.4 Å². The van der Waals surface area contributed by atoms with Gasteiger partial charge >= 0.3 is 18.4 Å². The number of benzene rings is 2. The number of halogens is 7. The third-order valence-corrected chi connectivity index (χ3v) is 5.16. The molecule has 0 unspecified atom stereocenters. The number of H-pyrrole nitrogens is 1. The van der Waals surface area contributed by atoms with Crippen molar-refractivity contribution in [3.63, 3.8) is 0 Å². The Morgan fingerprint density at radius 3 is 2.29 bits per heavy atom. The number of hydrogen-bond donors (Lipinski definition) is 5. The topological polar surface area (TPSA) is 125 Å². The Labute approximate surface area is 210 Å². The van der Waals surface area contributed by atoms with E-state index in [2.05, 4.69) is 20.6 Å². The molecule has 0 atom stereocenters. The number of hydrogen-bond acceptors (Lipinski definition) is 5. The van der Waals surface area contributed by atoms with Crippen molar-refractivity contribution in [2.45, 2.75) is 25.3 Å². The smallest absolute Gasteiger partial charge is 0.330 e. The highest BCUT2D eigenvalue weighted by molar-refractivity contribution is 5.98. The number of anilines is 2. The van der Waals surface area contributed by atoms with Gasteiger partial charge in [-0.15, -0.1) is 0 Å². The third kappa shape index (κ3) is 7.29. The molecule has 1 heterocycles. The zero-order valence-electron chi connectivity index (χ0n) is 19.4. The Hall–Kier alpha value is -3.98. The first-order chi connectivity index (χ1) is 17.8. The van der Waals surface area contributed by atoms with Gasteiger partial charge in [0.1, 0.15) is 5.82 Å². The van der Waals surface area contributed by atoms with Crippen molar-refractivity contribution in [2.24, 2.45) is 5.73 Å². The highest BCUT2D eigenvalue weighted by Gasteiger charge is 2.43. The fourth-order valence-electron chi connectivity index (χ4n) is 3.35. The van der Waals surface area contributed by atoms with Crippen LogP contribution >= 0.6 is 0 Å². The molecule has 3 rings (SSSR count). The summed E-state index contributed by atoms with van der Waals surface area (Å²) in [6.45, 7) is 1.35. The van der Waals surface area contributed by atoms with E-state index >= 15 is 0 Å². The lowest BCUT2D eigenvalue weighted by atomic mass is 10.1. The average Bonchev–Trinajstić information content (AvgIpc) is 2.81. The molecule has 0 spiro atoms. The van der Waals surface area contributed by atoms with E-state index in [0.29, 0.717) is 24.7 Å². The summed E-state index contributed by atoms with van der Waals surface area (Å²) >= 11 is 0. The first-order valence-corrected chi connectivity index (χ1v) is 10.9. The van der Waals surface area contributed by atoms with Gasteiger partial charge in [0.2, 0.25) is 5.95 Å². The van der Waals surface area contributed by atoms with E-state index < -0.39 is 52.5 Å². The van der Waals surface area contributed by atoms with Gasteiger partial charge in [-0.3, -0.25) is 15.1 Å². The van der Waals surface area contributed by atoms with Crippen LogP contribution in [0, 0.1) is 5.82 Å². The van der Waals surface area contributed by atoms with E-state index in [0.717, 1.165) is 18.7 Å². The molecule has 2 amide bonds. The van der Waals surface area contributed by atoms with Gasteiger partial charge in [0.25, 0.3) is 5.56 Å². The summed E-state index contributed by atoms with van der Waals surface area (Å²) in [6.07, 6.45) is -8.83. The maximum Gasteiger partial charge on any atom is 0.417 e. The summed E-state index contributed by atoms with van der Waals surface area (Å²) in [5.74, 6) is -0.987. The summed E-state index contributed by atoms with van der Waals surface area (Å²) < 4.78 is 92.4. The van der Waals surface area contributed by atoms with Crippen molar-refractivity contribution >= 4 is 17.7 Å². The molecule has 8 nitrogen and oxygen atoms in total. The molecule has 15 heteroatoms. The Bertz CT molecular complexity index is 1360. The third-order valence-electron chi connectivity index (χ3n) is 5.16. The molecule has 0 saturated heterocycles. The van der Waals surface area contributed by atoms with Gasteiger partial charge in [-0.25, -0.2) is 14.2 Å². The van der Waals surface area contributed by atoms with E-state index in [1.807, 2.05) is 5.32 Å². The first-order valence-electron chi connectivity index (χ1n) is 10.9. The van der Waals surface area contributed by atoms with Gasteiger partial charge in [0, 0.05) is 24.0 Å². The number of nitrogens with one attached hydrogen (secondary N) is 4. The lowest BCUT2D eigenvalue weighted by Crippen LogP contribution is -2.24. The largest absolute Gasteiger partial charge is 0.417 e. The minimum Gasteiger partial charge on any atom is -0.330 e. The van der Waals surface area contributed by atoms with E-state index in [-0.39, 0.29) is 29.8 Å². The fraction of sp³-hybridized carbons (Fsp3) is 0.261. The number of nitrogens with zero attached hydrogens (tertiary/aromatic N) is 1. The number of urea groups is 1. The summed E-state index contributed by atoms with van der Waals surface area (Å²) in [4.78, 5) is 30.7. The van der Waals surface area contributed by atoms with Crippen LogP contribution in [0.1, 0.15) is 23.1 Å². The van der Waals surface area contributed by atoms with E-state index in [4.69, 9.17) is 5.73 Å². The summed E-state index contributed by atoms with van der Waals surface area (Å²) in [5, 5.41) is 7.02. The summed E-state index contributed by atoms with van der Waals surface area (Å²) in [6, 6.07) is 3.89. The molecule has 3 aromatic rings. The molecule has 0 aliphatic heterocycles. The molecule has 38 heavy (non-hydrogen) atoms. The van der Waals surface area contributed by atoms with Crippen molar-refractivity contribution < 1.29 is 35.5 Å². The standard InChI is InChI=1S/C23H21F7N6O2/c24-18-8-12(2-3-13(18)10-32-7-1-6-31)15-11-33-20(35-19(15)37)36-21(38)34-14-4-5-16(22(25,26)27)17(9-14)23(28,29)30/h2-5,8-9,11,32H,1,6-7,10,31H2,(H3,33,34,35,36,37,38). The highest BCUT2D eigenvalue weighted by Crippen LogP contribution is 2.41. The highest BCUT2D eigenvalue weighted by atomic mass is 19.4. The first kappa shape index (κ1) is 28.6. The molecular weight excluding hydrogens is 525 g/mol. The monoisotopic (exact) mass is 546 g/mol. The van der Waals surface area contributed by atoms with Crippen LogP contribution in [-0.2, 0) is 18.9 Å². The number of rotatable bonds is 8. The van der Waals surface area contributed by atoms with Gasteiger partial charge in [-0.05, 0) is 49.3 Å². The van der Waals surface area contributed by atoms with Crippen LogP contribution in [0.2, 0.25) is 0 Å². The van der Waals surface area contributed by atoms with Crippen molar-refractivity contribution in [2.75, 3.05) is 23.7 Å². The fourth-order valence-corrected chi connectivity index (χ4v) is 3.35. The predicted molar refractivity (Wildman–Crippen MR) is 125 cm³/mol. The minimum absolute atomic E-state index is 0.0324. The van der Waals surface area contributed by atoms with Gasteiger partial charge in [-0.2, -0.15) is 26.3 Å². The Balaban J connectivity index is 1.71. The van der Waals surface area contributed by atoms with Crippen molar-refractivity contribution in [3.8, 4) is 11.1 Å². The SMILES string of the molecule is NCCCNCc1ccc(-c2cnc(NC(=O)Nc3ccc(C(F)(F)F)c(C(F)(F)F)c3)[nH]c2=O)cc1F. The molecule has 2 aromatic carbocycles. The number of carbonyl (C=O) groups is 1. The second-order valence-corrected chi connectivity index (χ2v) is 7.93. The number of nitrogens with two attached hydrogens (primary N) is 1. The quantitative estimate of drug-likeness (QED) is 0.207. The van der Waals surface area contributed by atoms with Gasteiger partial charge in [0.15, 0.2) is 0 Å². The molecule has 204 valence electrons. The maximum atomic E-state index is 14.4.